The largest absolute Gasteiger partial charge is 0.388 e. The number of aryl methyl sites for hydroxylation is 1. The van der Waals surface area contributed by atoms with Crippen LogP contribution in [0.15, 0.2) is 17.8 Å². The number of hydrogen-bond acceptors (Lipinski definition) is 4. The number of nitrogens with zero attached hydrogens (tertiary/aromatic N) is 3. The summed E-state index contributed by atoms with van der Waals surface area (Å²) in [7, 11) is 0. The van der Waals surface area contributed by atoms with E-state index in [2.05, 4.69) is 21.6 Å². The van der Waals surface area contributed by atoms with Crippen LogP contribution in [0.25, 0.3) is 0 Å². The Morgan fingerprint density at radius 1 is 1.56 bits per heavy atom. The molecule has 5 heteroatoms. The van der Waals surface area contributed by atoms with Crippen LogP contribution in [-0.2, 0) is 13.0 Å². The van der Waals surface area contributed by atoms with Crippen molar-refractivity contribution in [1.82, 2.24) is 14.8 Å². The molecule has 0 saturated carbocycles. The van der Waals surface area contributed by atoms with Crippen LogP contribution in [0, 0.1) is 0 Å². The Morgan fingerprint density at radius 3 is 3.38 bits per heavy atom. The van der Waals surface area contributed by atoms with Crippen molar-refractivity contribution in [1.29, 1.82) is 0 Å². The molecule has 4 nitrogen and oxygen atoms in total. The van der Waals surface area contributed by atoms with Gasteiger partial charge < -0.3 is 9.67 Å². The second-order valence-corrected chi connectivity index (χ2v) is 5.02. The minimum Gasteiger partial charge on any atom is -0.388 e. The molecule has 2 aromatic rings. The fourth-order valence-electron chi connectivity index (χ4n) is 2.39. The molecule has 2 aromatic heterocycles. The van der Waals surface area contributed by atoms with Crippen LogP contribution in [-0.4, -0.2) is 19.9 Å². The molecule has 1 aliphatic rings. The van der Waals surface area contributed by atoms with Crippen molar-refractivity contribution < 1.29 is 5.11 Å². The normalized spacial score (nSPS) is 19.7. The van der Waals surface area contributed by atoms with Crippen molar-refractivity contribution >= 4 is 11.3 Å². The first-order chi connectivity index (χ1) is 7.90. The molecule has 0 bridgehead atoms. The van der Waals surface area contributed by atoms with E-state index in [9.17, 15) is 5.11 Å². The zero-order chi connectivity index (χ0) is 11.0. The van der Waals surface area contributed by atoms with Gasteiger partial charge in [-0.3, -0.25) is 0 Å². The maximum absolute atomic E-state index is 9.22. The van der Waals surface area contributed by atoms with Gasteiger partial charge in [-0.15, -0.1) is 21.5 Å². The molecule has 2 heterocycles. The quantitative estimate of drug-likeness (QED) is 0.863. The average Bonchev–Trinajstić information content (AvgIpc) is 2.96. The maximum atomic E-state index is 9.22. The van der Waals surface area contributed by atoms with E-state index in [1.54, 1.807) is 6.33 Å². The lowest BCUT2D eigenvalue weighted by atomic mass is 9.94. The van der Waals surface area contributed by atoms with E-state index >= 15 is 0 Å². The molecule has 0 aliphatic heterocycles. The summed E-state index contributed by atoms with van der Waals surface area (Å²) >= 11 is 1.82. The Morgan fingerprint density at radius 2 is 2.50 bits per heavy atom. The second kappa shape index (κ2) is 3.99. The van der Waals surface area contributed by atoms with Crippen molar-refractivity contribution in [2.45, 2.75) is 31.9 Å². The molecule has 84 valence electrons. The summed E-state index contributed by atoms with van der Waals surface area (Å²) < 4.78 is 2.00. The van der Waals surface area contributed by atoms with E-state index in [4.69, 9.17) is 0 Å². The van der Waals surface area contributed by atoms with Gasteiger partial charge in [0.15, 0.2) is 5.82 Å². The maximum Gasteiger partial charge on any atom is 0.159 e. The highest BCUT2D eigenvalue weighted by atomic mass is 32.1. The predicted octanol–water partition coefficient (Wildman–Crippen LogP) is 1.76. The number of aromatic nitrogens is 3. The number of hydrogen-bond donors (Lipinski definition) is 1. The summed E-state index contributed by atoms with van der Waals surface area (Å²) in [6, 6.07) is 2.50. The van der Waals surface area contributed by atoms with Crippen LogP contribution in [0.5, 0.6) is 0 Å². The molecule has 3 rings (SSSR count). The highest BCUT2D eigenvalue weighted by Gasteiger charge is 2.24. The van der Waals surface area contributed by atoms with Gasteiger partial charge in [-0.05, 0) is 36.3 Å². The van der Waals surface area contributed by atoms with E-state index < -0.39 is 0 Å². The van der Waals surface area contributed by atoms with Gasteiger partial charge in [-0.2, -0.15) is 0 Å². The van der Waals surface area contributed by atoms with Gasteiger partial charge in [0.1, 0.15) is 12.9 Å². The molecular weight excluding hydrogens is 222 g/mol. The van der Waals surface area contributed by atoms with E-state index in [0.717, 1.165) is 6.42 Å². The first kappa shape index (κ1) is 9.99. The number of aliphatic hydroxyl groups excluding tert-OH is 1. The molecule has 0 aromatic carbocycles. The summed E-state index contributed by atoms with van der Waals surface area (Å²) in [5.41, 5.74) is 1.38. The predicted molar refractivity (Wildman–Crippen MR) is 61.3 cm³/mol. The molecule has 0 fully saturated rings. The van der Waals surface area contributed by atoms with Gasteiger partial charge in [-0.25, -0.2) is 0 Å². The molecule has 1 aliphatic carbocycles. The third-order valence-electron chi connectivity index (χ3n) is 3.14. The molecule has 1 unspecified atom stereocenters. The van der Waals surface area contributed by atoms with E-state index in [-0.39, 0.29) is 6.61 Å². The van der Waals surface area contributed by atoms with Gasteiger partial charge in [0.05, 0.1) is 6.04 Å². The Bertz CT molecular complexity index is 491. The third kappa shape index (κ3) is 1.47. The van der Waals surface area contributed by atoms with Gasteiger partial charge in [-0.1, -0.05) is 0 Å². The number of rotatable bonds is 2. The van der Waals surface area contributed by atoms with Crippen LogP contribution >= 0.6 is 11.3 Å². The molecule has 0 radical (unpaired) electrons. The first-order valence-corrected chi connectivity index (χ1v) is 6.33. The fourth-order valence-corrected chi connectivity index (χ4v) is 3.37. The van der Waals surface area contributed by atoms with Gasteiger partial charge in [0.2, 0.25) is 0 Å². The fraction of sp³-hybridized carbons (Fsp3) is 0.455. The zero-order valence-corrected chi connectivity index (χ0v) is 9.65. The lowest BCUT2D eigenvalue weighted by Crippen LogP contribution is -2.17. The van der Waals surface area contributed by atoms with Crippen LogP contribution in [0.2, 0.25) is 0 Å². The Hall–Kier alpha value is -1.20. The van der Waals surface area contributed by atoms with Gasteiger partial charge in [0, 0.05) is 4.88 Å². The highest BCUT2D eigenvalue weighted by Crippen LogP contribution is 2.36. The smallest absolute Gasteiger partial charge is 0.159 e. The molecule has 0 saturated heterocycles. The van der Waals surface area contributed by atoms with E-state index in [1.807, 2.05) is 15.9 Å². The lowest BCUT2D eigenvalue weighted by Gasteiger charge is -2.24. The molecule has 1 atom stereocenters. The van der Waals surface area contributed by atoms with Crippen LogP contribution in [0.3, 0.4) is 0 Å². The summed E-state index contributed by atoms with van der Waals surface area (Å²) in [4.78, 5) is 1.47. The van der Waals surface area contributed by atoms with Gasteiger partial charge in [0.25, 0.3) is 0 Å². The van der Waals surface area contributed by atoms with Crippen molar-refractivity contribution in [2.24, 2.45) is 0 Å². The van der Waals surface area contributed by atoms with Crippen molar-refractivity contribution in [2.75, 3.05) is 0 Å². The molecule has 16 heavy (non-hydrogen) atoms. The van der Waals surface area contributed by atoms with Crippen LogP contribution < -0.4 is 0 Å². The van der Waals surface area contributed by atoms with Crippen molar-refractivity contribution in [3.63, 3.8) is 0 Å². The monoisotopic (exact) mass is 235 g/mol. The minimum absolute atomic E-state index is 0.0457. The van der Waals surface area contributed by atoms with Crippen LogP contribution in [0.4, 0.5) is 0 Å². The van der Waals surface area contributed by atoms with Gasteiger partial charge >= 0.3 is 0 Å². The second-order valence-electron chi connectivity index (χ2n) is 4.02. The van der Waals surface area contributed by atoms with E-state index in [0.29, 0.717) is 11.9 Å². The number of aliphatic hydroxyl groups is 1. The highest BCUT2D eigenvalue weighted by molar-refractivity contribution is 7.10. The molecule has 0 amide bonds. The number of thiophene rings is 1. The first-order valence-electron chi connectivity index (χ1n) is 5.45. The standard InChI is InChI=1S/C11H13N3OS/c15-6-11-13-12-7-14(11)9-2-1-3-10-8(9)4-5-16-10/h4-5,7,9,15H,1-3,6H2. The molecule has 0 spiro atoms. The summed E-state index contributed by atoms with van der Waals surface area (Å²) in [5, 5.41) is 19.2. The SMILES string of the molecule is OCc1nncn1C1CCCc2sccc21. The number of fused-ring (bicyclic) bond motifs is 1. The summed E-state index contributed by atoms with van der Waals surface area (Å²) in [6.07, 6.45) is 5.21. The molecular formula is C11H13N3OS. The summed E-state index contributed by atoms with van der Waals surface area (Å²) in [5.74, 6) is 0.657. The minimum atomic E-state index is -0.0457. The third-order valence-corrected chi connectivity index (χ3v) is 4.14. The Kier molecular flexibility index (Phi) is 2.49. The topological polar surface area (TPSA) is 50.9 Å². The Balaban J connectivity index is 2.04. The summed E-state index contributed by atoms with van der Waals surface area (Å²) in [6.45, 7) is -0.0457. The van der Waals surface area contributed by atoms with E-state index in [1.165, 1.54) is 23.3 Å². The lowest BCUT2D eigenvalue weighted by molar-refractivity contribution is 0.260. The Labute approximate surface area is 97.6 Å². The molecule has 1 N–H and O–H groups in total. The van der Waals surface area contributed by atoms with Crippen molar-refractivity contribution in [3.05, 3.63) is 34.0 Å². The average molecular weight is 235 g/mol. The van der Waals surface area contributed by atoms with Crippen LogP contribution in [0.1, 0.15) is 35.1 Å². The van der Waals surface area contributed by atoms with Crippen molar-refractivity contribution in [3.8, 4) is 0 Å². The zero-order valence-electron chi connectivity index (χ0n) is 8.83.